The van der Waals surface area contributed by atoms with Gasteiger partial charge in [-0.25, -0.2) is 9.97 Å². The maximum Gasteiger partial charge on any atom is 0.142 e. The van der Waals surface area contributed by atoms with Crippen LogP contribution in [0.15, 0.2) is 34.8 Å². The average Bonchev–Trinajstić information content (AvgIpc) is 2.44. The van der Waals surface area contributed by atoms with Gasteiger partial charge in [0.05, 0.1) is 16.8 Å². The summed E-state index contributed by atoms with van der Waals surface area (Å²) in [5, 5.41) is 0. The van der Waals surface area contributed by atoms with E-state index in [0.29, 0.717) is 31.3 Å². The predicted molar refractivity (Wildman–Crippen MR) is 79.8 cm³/mol. The average molecular weight is 322 g/mol. The van der Waals surface area contributed by atoms with Gasteiger partial charge in [-0.2, -0.15) is 0 Å². The molecule has 2 rings (SSSR count). The van der Waals surface area contributed by atoms with Gasteiger partial charge in [0.15, 0.2) is 0 Å². The number of benzene rings is 1. The topological polar surface area (TPSA) is 61.0 Å². The van der Waals surface area contributed by atoms with E-state index in [2.05, 4.69) is 25.9 Å². The summed E-state index contributed by atoms with van der Waals surface area (Å²) in [6, 6.07) is 9.91. The quantitative estimate of drug-likeness (QED) is 0.860. The van der Waals surface area contributed by atoms with Crippen LogP contribution in [0.25, 0.3) is 11.3 Å². The third-order valence-corrected chi connectivity index (χ3v) is 3.43. The molecular formula is C14H16BrN3O. The third-order valence-electron chi connectivity index (χ3n) is 2.64. The lowest BCUT2D eigenvalue weighted by molar-refractivity contribution is 0.149. The normalized spacial score (nSPS) is 10.6. The van der Waals surface area contributed by atoms with E-state index in [-0.39, 0.29) is 0 Å². The van der Waals surface area contributed by atoms with E-state index in [1.165, 1.54) is 0 Å². The van der Waals surface area contributed by atoms with E-state index < -0.39 is 0 Å². The molecule has 0 spiro atoms. The van der Waals surface area contributed by atoms with Crippen LogP contribution in [0.5, 0.6) is 0 Å². The van der Waals surface area contributed by atoms with Crippen LogP contribution >= 0.6 is 15.9 Å². The van der Waals surface area contributed by atoms with Crippen molar-refractivity contribution in [2.75, 3.05) is 18.9 Å². The highest BCUT2D eigenvalue weighted by Crippen LogP contribution is 2.29. The van der Waals surface area contributed by atoms with E-state index in [1.54, 1.807) is 0 Å². The Kier molecular flexibility index (Phi) is 4.87. The molecule has 4 nitrogen and oxygen atoms in total. The van der Waals surface area contributed by atoms with Crippen LogP contribution < -0.4 is 5.73 Å². The van der Waals surface area contributed by atoms with Gasteiger partial charge >= 0.3 is 0 Å². The number of ether oxygens (including phenoxy) is 1. The maximum absolute atomic E-state index is 5.92. The van der Waals surface area contributed by atoms with Gasteiger partial charge in [0.1, 0.15) is 11.6 Å². The summed E-state index contributed by atoms with van der Waals surface area (Å²) in [6.07, 6.45) is 0.658. The Morgan fingerprint density at radius 3 is 2.63 bits per heavy atom. The number of rotatable bonds is 5. The fourth-order valence-electron chi connectivity index (χ4n) is 1.72. The molecule has 0 aliphatic rings. The first kappa shape index (κ1) is 14.0. The van der Waals surface area contributed by atoms with Crippen molar-refractivity contribution < 1.29 is 4.74 Å². The van der Waals surface area contributed by atoms with Gasteiger partial charge in [-0.1, -0.05) is 30.3 Å². The Hall–Kier alpha value is -1.46. The lowest BCUT2D eigenvalue weighted by Gasteiger charge is -2.09. The number of nitrogens with two attached hydrogens (primary N) is 1. The van der Waals surface area contributed by atoms with Crippen molar-refractivity contribution in [2.24, 2.45) is 0 Å². The Labute approximate surface area is 121 Å². The van der Waals surface area contributed by atoms with Crippen molar-refractivity contribution in [3.8, 4) is 11.3 Å². The summed E-state index contributed by atoms with van der Waals surface area (Å²) in [6.45, 7) is 3.26. The van der Waals surface area contributed by atoms with E-state index >= 15 is 0 Å². The van der Waals surface area contributed by atoms with Crippen LogP contribution in [-0.2, 0) is 11.2 Å². The van der Waals surface area contributed by atoms with Crippen molar-refractivity contribution in [1.29, 1.82) is 0 Å². The fraction of sp³-hybridized carbons (Fsp3) is 0.286. The number of hydrogen-bond donors (Lipinski definition) is 1. The molecule has 0 amide bonds. The van der Waals surface area contributed by atoms with Crippen LogP contribution in [0.2, 0.25) is 0 Å². The van der Waals surface area contributed by atoms with Gasteiger partial charge in [-0.3, -0.25) is 0 Å². The van der Waals surface area contributed by atoms with Crippen LogP contribution in [0.1, 0.15) is 12.7 Å². The largest absolute Gasteiger partial charge is 0.383 e. The highest BCUT2D eigenvalue weighted by atomic mass is 79.9. The van der Waals surface area contributed by atoms with Crippen LogP contribution in [-0.4, -0.2) is 23.2 Å². The zero-order chi connectivity index (χ0) is 13.7. The zero-order valence-corrected chi connectivity index (χ0v) is 12.4. The summed E-state index contributed by atoms with van der Waals surface area (Å²) < 4.78 is 6.06. The number of aromatic nitrogens is 2. The first-order valence-corrected chi connectivity index (χ1v) is 6.96. The minimum Gasteiger partial charge on any atom is -0.383 e. The smallest absolute Gasteiger partial charge is 0.142 e. The SMILES string of the molecule is CCOCCc1nc(N)c(Br)c(-c2ccccc2)n1. The lowest BCUT2D eigenvalue weighted by Crippen LogP contribution is -2.07. The van der Waals surface area contributed by atoms with Gasteiger partial charge in [-0.15, -0.1) is 0 Å². The second kappa shape index (κ2) is 6.63. The summed E-state index contributed by atoms with van der Waals surface area (Å²) in [5.41, 5.74) is 7.76. The second-order valence-electron chi connectivity index (χ2n) is 4.00. The lowest BCUT2D eigenvalue weighted by atomic mass is 10.1. The van der Waals surface area contributed by atoms with Crippen molar-refractivity contribution in [1.82, 2.24) is 9.97 Å². The molecule has 0 saturated heterocycles. The molecule has 1 heterocycles. The minimum absolute atomic E-state index is 0.459. The van der Waals surface area contributed by atoms with Crippen LogP contribution in [0.4, 0.5) is 5.82 Å². The molecule has 0 atom stereocenters. The first-order chi connectivity index (χ1) is 9.22. The Balaban J connectivity index is 2.32. The van der Waals surface area contributed by atoms with Crippen molar-refractivity contribution in [3.63, 3.8) is 0 Å². The second-order valence-corrected chi connectivity index (χ2v) is 4.79. The number of halogens is 1. The Bertz CT molecular complexity index is 546. The molecule has 5 heteroatoms. The minimum atomic E-state index is 0.459. The maximum atomic E-state index is 5.92. The Morgan fingerprint density at radius 1 is 1.21 bits per heavy atom. The molecule has 0 bridgehead atoms. The highest BCUT2D eigenvalue weighted by molar-refractivity contribution is 9.10. The number of anilines is 1. The van der Waals surface area contributed by atoms with E-state index in [9.17, 15) is 0 Å². The summed E-state index contributed by atoms with van der Waals surface area (Å²) in [4.78, 5) is 8.83. The highest BCUT2D eigenvalue weighted by Gasteiger charge is 2.11. The molecule has 0 radical (unpaired) electrons. The molecule has 0 aliphatic heterocycles. The molecule has 0 fully saturated rings. The van der Waals surface area contributed by atoms with E-state index in [4.69, 9.17) is 10.5 Å². The van der Waals surface area contributed by atoms with Gasteiger partial charge in [-0.05, 0) is 22.9 Å². The zero-order valence-electron chi connectivity index (χ0n) is 10.8. The van der Waals surface area contributed by atoms with Crippen LogP contribution in [0, 0.1) is 0 Å². The molecular weight excluding hydrogens is 306 g/mol. The van der Waals surface area contributed by atoms with Crippen LogP contribution in [0.3, 0.4) is 0 Å². The summed E-state index contributed by atoms with van der Waals surface area (Å²) >= 11 is 3.45. The molecule has 0 saturated carbocycles. The standard InChI is InChI=1S/C14H16BrN3O/c1-2-19-9-8-11-17-13(12(15)14(16)18-11)10-6-4-3-5-7-10/h3-7H,2,8-9H2,1H3,(H2,16,17,18). The van der Waals surface area contributed by atoms with Crippen molar-refractivity contribution in [2.45, 2.75) is 13.3 Å². The first-order valence-electron chi connectivity index (χ1n) is 6.17. The fourth-order valence-corrected chi connectivity index (χ4v) is 2.13. The predicted octanol–water partition coefficient (Wildman–Crippen LogP) is 3.07. The molecule has 19 heavy (non-hydrogen) atoms. The van der Waals surface area contributed by atoms with Crippen molar-refractivity contribution in [3.05, 3.63) is 40.6 Å². The monoisotopic (exact) mass is 321 g/mol. The number of nitrogen functional groups attached to an aromatic ring is 1. The molecule has 1 aromatic heterocycles. The van der Waals surface area contributed by atoms with Gasteiger partial charge < -0.3 is 10.5 Å². The number of nitrogens with zero attached hydrogens (tertiary/aromatic N) is 2. The molecule has 1 aromatic carbocycles. The third kappa shape index (κ3) is 3.52. The summed E-state index contributed by atoms with van der Waals surface area (Å²) in [7, 11) is 0. The molecule has 0 unspecified atom stereocenters. The van der Waals surface area contributed by atoms with Crippen molar-refractivity contribution >= 4 is 21.7 Å². The molecule has 0 aliphatic carbocycles. The van der Waals surface area contributed by atoms with Gasteiger partial charge in [0, 0.05) is 18.6 Å². The molecule has 100 valence electrons. The van der Waals surface area contributed by atoms with E-state index in [0.717, 1.165) is 15.7 Å². The van der Waals surface area contributed by atoms with Gasteiger partial charge in [0.25, 0.3) is 0 Å². The van der Waals surface area contributed by atoms with Gasteiger partial charge in [0.2, 0.25) is 0 Å². The number of hydrogen-bond acceptors (Lipinski definition) is 4. The summed E-state index contributed by atoms with van der Waals surface area (Å²) in [5.74, 6) is 1.16. The Morgan fingerprint density at radius 2 is 1.95 bits per heavy atom. The molecule has 2 aromatic rings. The molecule has 2 N–H and O–H groups in total. The van der Waals surface area contributed by atoms with E-state index in [1.807, 2.05) is 37.3 Å².